The van der Waals surface area contributed by atoms with E-state index in [1.807, 2.05) is 0 Å². The minimum atomic E-state index is -4.15. The van der Waals surface area contributed by atoms with Crippen LogP contribution in [0.5, 0.6) is 0 Å². The molecule has 0 atom stereocenters. The lowest BCUT2D eigenvalue weighted by atomic mass is 10.2. The molecule has 0 amide bonds. The first-order valence-electron chi connectivity index (χ1n) is 7.88. The van der Waals surface area contributed by atoms with Gasteiger partial charge in [0, 0.05) is 18.7 Å². The third-order valence-corrected chi connectivity index (χ3v) is 5.37. The van der Waals surface area contributed by atoms with Crippen molar-refractivity contribution in [1.82, 2.24) is 4.31 Å². The van der Waals surface area contributed by atoms with Crippen molar-refractivity contribution in [1.29, 1.82) is 0 Å². The minimum Gasteiger partial charge on any atom is -0.465 e. The maximum Gasteiger partial charge on any atom is 0.321 e. The molecule has 0 N–H and O–H groups in total. The smallest absolute Gasteiger partial charge is 0.321 e. The molecule has 2 aromatic rings. The van der Waals surface area contributed by atoms with Crippen molar-refractivity contribution < 1.29 is 27.3 Å². The molecule has 27 heavy (non-hydrogen) atoms. The van der Waals surface area contributed by atoms with Gasteiger partial charge in [-0.1, -0.05) is 12.1 Å². The van der Waals surface area contributed by atoms with Gasteiger partial charge in [0.05, 0.1) is 16.4 Å². The van der Waals surface area contributed by atoms with Crippen LogP contribution in [0.25, 0.3) is 0 Å². The monoisotopic (exact) mass is 396 g/mol. The second-order valence-corrected chi connectivity index (χ2v) is 7.39. The van der Waals surface area contributed by atoms with Crippen LogP contribution in [0.1, 0.15) is 12.5 Å². The van der Waals surface area contributed by atoms with Gasteiger partial charge in [0.2, 0.25) is 10.0 Å². The predicted octanol–water partition coefficient (Wildman–Crippen LogP) is 2.49. The van der Waals surface area contributed by atoms with Crippen molar-refractivity contribution in [3.8, 4) is 0 Å². The van der Waals surface area contributed by atoms with Crippen LogP contribution >= 0.6 is 0 Å². The van der Waals surface area contributed by atoms with Crippen LogP contribution in [0.4, 0.5) is 10.1 Å². The van der Waals surface area contributed by atoms with E-state index < -0.39 is 33.3 Å². The van der Waals surface area contributed by atoms with Gasteiger partial charge in [-0.2, -0.15) is 4.31 Å². The summed E-state index contributed by atoms with van der Waals surface area (Å²) < 4.78 is 44.6. The van der Waals surface area contributed by atoms with E-state index in [0.717, 1.165) is 28.6 Å². The Morgan fingerprint density at radius 1 is 1.15 bits per heavy atom. The number of nitrogens with zero attached hydrogens (tertiary/aromatic N) is 2. The average molecular weight is 396 g/mol. The first-order valence-corrected chi connectivity index (χ1v) is 9.32. The van der Waals surface area contributed by atoms with Crippen molar-refractivity contribution >= 4 is 21.7 Å². The number of esters is 1. The molecule has 0 aliphatic rings. The lowest BCUT2D eigenvalue weighted by molar-refractivity contribution is -0.384. The highest BCUT2D eigenvalue weighted by atomic mass is 32.2. The van der Waals surface area contributed by atoms with Crippen LogP contribution in [0.3, 0.4) is 0 Å². The molecule has 0 heterocycles. The number of nitro benzene ring substituents is 1. The Kier molecular flexibility index (Phi) is 6.59. The standard InChI is InChI=1S/C17H17FN2O6S/c1-2-26-17(21)12-19(11-13-3-5-14(18)6-4-13)27(24,25)16-9-7-15(8-10-16)20(22)23/h3-10H,2,11-12H2,1H3. The molecule has 0 aromatic heterocycles. The summed E-state index contributed by atoms with van der Waals surface area (Å²) >= 11 is 0. The zero-order valence-electron chi connectivity index (χ0n) is 14.4. The van der Waals surface area contributed by atoms with Crippen LogP contribution < -0.4 is 0 Å². The summed E-state index contributed by atoms with van der Waals surface area (Å²) in [5, 5.41) is 10.7. The quantitative estimate of drug-likeness (QED) is 0.385. The number of non-ortho nitro benzene ring substituents is 1. The number of halogens is 1. The zero-order valence-corrected chi connectivity index (χ0v) is 15.2. The van der Waals surface area contributed by atoms with Gasteiger partial charge in [-0.15, -0.1) is 0 Å². The summed E-state index contributed by atoms with van der Waals surface area (Å²) in [5.41, 5.74) is 0.204. The summed E-state index contributed by atoms with van der Waals surface area (Å²) in [4.78, 5) is 21.7. The number of nitro groups is 1. The van der Waals surface area contributed by atoms with E-state index in [1.165, 1.54) is 24.3 Å². The Bertz CT molecular complexity index is 913. The third-order valence-electron chi connectivity index (χ3n) is 3.57. The summed E-state index contributed by atoms with van der Waals surface area (Å²) in [6.07, 6.45) is 0. The number of carbonyl (C=O) groups excluding carboxylic acids is 1. The number of rotatable bonds is 8. The van der Waals surface area contributed by atoms with Gasteiger partial charge in [0.25, 0.3) is 5.69 Å². The zero-order chi connectivity index (χ0) is 20.0. The number of carbonyl (C=O) groups is 1. The lowest BCUT2D eigenvalue weighted by Gasteiger charge is -2.21. The van der Waals surface area contributed by atoms with E-state index in [2.05, 4.69) is 0 Å². The van der Waals surface area contributed by atoms with Crippen LogP contribution in [0.15, 0.2) is 53.4 Å². The highest BCUT2D eigenvalue weighted by Gasteiger charge is 2.28. The summed E-state index contributed by atoms with van der Waals surface area (Å²) in [6.45, 7) is 0.927. The summed E-state index contributed by atoms with van der Waals surface area (Å²) in [5.74, 6) is -1.22. The first-order chi connectivity index (χ1) is 12.7. The molecule has 0 fully saturated rings. The summed E-state index contributed by atoms with van der Waals surface area (Å²) in [7, 11) is -4.15. The topological polar surface area (TPSA) is 107 Å². The number of hydrogen-bond donors (Lipinski definition) is 0. The van der Waals surface area contributed by atoms with Crippen LogP contribution in [0, 0.1) is 15.9 Å². The van der Waals surface area contributed by atoms with Gasteiger partial charge in [-0.3, -0.25) is 14.9 Å². The fraction of sp³-hybridized carbons (Fsp3) is 0.235. The van der Waals surface area contributed by atoms with E-state index in [4.69, 9.17) is 4.74 Å². The van der Waals surface area contributed by atoms with Crippen molar-refractivity contribution in [3.63, 3.8) is 0 Å². The molecule has 0 aliphatic carbocycles. The highest BCUT2D eigenvalue weighted by Crippen LogP contribution is 2.21. The molecule has 10 heteroatoms. The fourth-order valence-corrected chi connectivity index (χ4v) is 3.63. The lowest BCUT2D eigenvalue weighted by Crippen LogP contribution is -2.36. The first kappa shape index (κ1) is 20.5. The molecule has 0 saturated carbocycles. The Hall–Kier alpha value is -2.85. The SMILES string of the molecule is CCOC(=O)CN(Cc1ccc(F)cc1)S(=O)(=O)c1ccc([N+](=O)[O-])cc1. The molecule has 0 unspecified atom stereocenters. The van der Waals surface area contributed by atoms with E-state index >= 15 is 0 Å². The highest BCUT2D eigenvalue weighted by molar-refractivity contribution is 7.89. The minimum absolute atomic E-state index is 0.0841. The molecule has 0 radical (unpaired) electrons. The maximum absolute atomic E-state index is 13.1. The predicted molar refractivity (Wildman–Crippen MR) is 93.7 cm³/mol. The Morgan fingerprint density at radius 3 is 2.26 bits per heavy atom. The summed E-state index contributed by atoms with van der Waals surface area (Å²) in [6, 6.07) is 9.47. The molecule has 0 saturated heterocycles. The Balaban J connectivity index is 2.35. The molecule has 2 aromatic carbocycles. The third kappa shape index (κ3) is 5.31. The van der Waals surface area contributed by atoms with Gasteiger partial charge in [0.1, 0.15) is 12.4 Å². The molecule has 8 nitrogen and oxygen atoms in total. The largest absolute Gasteiger partial charge is 0.465 e. The van der Waals surface area contributed by atoms with Crippen LogP contribution in [-0.2, 0) is 26.1 Å². The molecule has 0 spiro atoms. The molecule has 0 aliphatic heterocycles. The van der Waals surface area contributed by atoms with Gasteiger partial charge in [-0.25, -0.2) is 12.8 Å². The van der Waals surface area contributed by atoms with Gasteiger partial charge < -0.3 is 4.74 Å². The second kappa shape index (κ2) is 8.69. The number of ether oxygens (including phenoxy) is 1. The molecule has 2 rings (SSSR count). The Morgan fingerprint density at radius 2 is 1.74 bits per heavy atom. The number of sulfonamides is 1. The van der Waals surface area contributed by atoms with E-state index in [1.54, 1.807) is 6.92 Å². The number of hydrogen-bond acceptors (Lipinski definition) is 6. The molecular weight excluding hydrogens is 379 g/mol. The Labute approximate surface area is 155 Å². The average Bonchev–Trinajstić information content (AvgIpc) is 2.63. The maximum atomic E-state index is 13.1. The van der Waals surface area contributed by atoms with Gasteiger partial charge >= 0.3 is 5.97 Å². The van der Waals surface area contributed by atoms with Crippen molar-refractivity contribution in [2.24, 2.45) is 0 Å². The van der Waals surface area contributed by atoms with Crippen LogP contribution in [-0.4, -0.2) is 36.8 Å². The number of benzene rings is 2. The van der Waals surface area contributed by atoms with Crippen molar-refractivity contribution in [3.05, 3.63) is 70.0 Å². The van der Waals surface area contributed by atoms with Gasteiger partial charge in [0.15, 0.2) is 0 Å². The van der Waals surface area contributed by atoms with E-state index in [-0.39, 0.29) is 23.7 Å². The van der Waals surface area contributed by atoms with E-state index in [0.29, 0.717) is 5.56 Å². The molecular formula is C17H17FN2O6S. The van der Waals surface area contributed by atoms with E-state index in [9.17, 15) is 27.7 Å². The van der Waals surface area contributed by atoms with Gasteiger partial charge in [-0.05, 0) is 36.8 Å². The van der Waals surface area contributed by atoms with Crippen molar-refractivity contribution in [2.45, 2.75) is 18.4 Å². The second-order valence-electron chi connectivity index (χ2n) is 5.46. The van der Waals surface area contributed by atoms with Crippen LogP contribution in [0.2, 0.25) is 0 Å². The van der Waals surface area contributed by atoms with Crippen molar-refractivity contribution in [2.75, 3.05) is 13.2 Å². The molecule has 0 bridgehead atoms. The molecule has 144 valence electrons. The normalized spacial score (nSPS) is 11.4. The fourth-order valence-electron chi connectivity index (χ4n) is 2.26.